The van der Waals surface area contributed by atoms with Crippen LogP contribution in [0.25, 0.3) is 0 Å². The van der Waals surface area contributed by atoms with Crippen LogP contribution in [-0.2, 0) is 11.3 Å². The van der Waals surface area contributed by atoms with Gasteiger partial charge >= 0.3 is 0 Å². The minimum atomic E-state index is -0.460. The summed E-state index contributed by atoms with van der Waals surface area (Å²) < 4.78 is 1.82. The predicted molar refractivity (Wildman–Crippen MR) is 79.3 cm³/mol. The van der Waals surface area contributed by atoms with Gasteiger partial charge in [-0.2, -0.15) is 5.10 Å². The Hall–Kier alpha value is -2.14. The molecule has 0 saturated carbocycles. The Kier molecular flexibility index (Phi) is 4.90. The van der Waals surface area contributed by atoms with Crippen LogP contribution in [0.15, 0.2) is 42.7 Å². The SMILES string of the molecule is CCC[C@@H](N)C(=O)Nc1ccccc1Cn1cccn1. The van der Waals surface area contributed by atoms with Gasteiger partial charge in [0.2, 0.25) is 5.91 Å². The van der Waals surface area contributed by atoms with E-state index >= 15 is 0 Å². The van der Waals surface area contributed by atoms with Crippen molar-refractivity contribution in [2.24, 2.45) is 5.73 Å². The molecule has 3 N–H and O–H groups in total. The van der Waals surface area contributed by atoms with E-state index < -0.39 is 6.04 Å². The lowest BCUT2D eigenvalue weighted by Gasteiger charge is -2.14. The van der Waals surface area contributed by atoms with E-state index in [9.17, 15) is 4.79 Å². The molecule has 5 heteroatoms. The van der Waals surface area contributed by atoms with Gasteiger partial charge in [-0.15, -0.1) is 0 Å². The summed E-state index contributed by atoms with van der Waals surface area (Å²) >= 11 is 0. The standard InChI is InChI=1S/C15H20N4O/c1-2-6-13(16)15(20)18-14-8-4-3-7-12(14)11-19-10-5-9-17-19/h3-5,7-10,13H,2,6,11,16H2,1H3,(H,18,20)/t13-/m1/s1. The Bertz CT molecular complexity index is 551. The van der Waals surface area contributed by atoms with Crippen LogP contribution < -0.4 is 11.1 Å². The van der Waals surface area contributed by atoms with Gasteiger partial charge in [-0.05, 0) is 24.1 Å². The van der Waals surface area contributed by atoms with E-state index in [4.69, 9.17) is 5.73 Å². The van der Waals surface area contributed by atoms with Gasteiger partial charge in [-0.25, -0.2) is 0 Å². The summed E-state index contributed by atoms with van der Waals surface area (Å²) in [5.41, 5.74) is 7.63. The van der Waals surface area contributed by atoms with Crippen LogP contribution in [0.5, 0.6) is 0 Å². The first-order valence-electron chi connectivity index (χ1n) is 6.82. The molecule has 0 aliphatic rings. The zero-order valence-corrected chi connectivity index (χ0v) is 11.6. The average molecular weight is 272 g/mol. The predicted octanol–water partition coefficient (Wildman–Crippen LogP) is 2.00. The van der Waals surface area contributed by atoms with Crippen molar-refractivity contribution in [2.75, 3.05) is 5.32 Å². The highest BCUT2D eigenvalue weighted by Crippen LogP contribution is 2.16. The van der Waals surface area contributed by atoms with Gasteiger partial charge in [-0.3, -0.25) is 9.48 Å². The minimum Gasteiger partial charge on any atom is -0.324 e. The lowest BCUT2D eigenvalue weighted by Crippen LogP contribution is -2.35. The highest BCUT2D eigenvalue weighted by Gasteiger charge is 2.14. The fraction of sp³-hybridized carbons (Fsp3) is 0.333. The van der Waals surface area contributed by atoms with Crippen molar-refractivity contribution in [3.05, 3.63) is 48.3 Å². The Labute approximate surface area is 118 Å². The number of amides is 1. The zero-order valence-electron chi connectivity index (χ0n) is 11.6. The van der Waals surface area contributed by atoms with E-state index in [0.717, 1.165) is 17.7 Å². The number of anilines is 1. The van der Waals surface area contributed by atoms with Crippen LogP contribution in [0.1, 0.15) is 25.3 Å². The lowest BCUT2D eigenvalue weighted by atomic mass is 10.1. The maximum absolute atomic E-state index is 12.0. The van der Waals surface area contributed by atoms with Crippen molar-refractivity contribution < 1.29 is 4.79 Å². The zero-order chi connectivity index (χ0) is 14.4. The summed E-state index contributed by atoms with van der Waals surface area (Å²) in [6, 6.07) is 9.11. The molecule has 2 rings (SSSR count). The van der Waals surface area contributed by atoms with E-state index in [1.165, 1.54) is 0 Å². The highest BCUT2D eigenvalue weighted by molar-refractivity contribution is 5.95. The number of hydrogen-bond donors (Lipinski definition) is 2. The normalized spacial score (nSPS) is 12.1. The molecule has 1 heterocycles. The second-order valence-corrected chi connectivity index (χ2v) is 4.75. The van der Waals surface area contributed by atoms with E-state index in [2.05, 4.69) is 10.4 Å². The molecule has 0 unspecified atom stereocenters. The summed E-state index contributed by atoms with van der Waals surface area (Å²) in [5, 5.41) is 7.08. The number of benzene rings is 1. The molecule has 1 atom stereocenters. The van der Waals surface area contributed by atoms with Crippen LogP contribution in [0.3, 0.4) is 0 Å². The molecule has 0 fully saturated rings. The van der Waals surface area contributed by atoms with Gasteiger partial charge in [0.15, 0.2) is 0 Å². The summed E-state index contributed by atoms with van der Waals surface area (Å²) in [6.45, 7) is 2.63. The fourth-order valence-corrected chi connectivity index (χ4v) is 2.02. The van der Waals surface area contributed by atoms with E-state index in [1.807, 2.05) is 48.1 Å². The third kappa shape index (κ3) is 3.68. The molecule has 5 nitrogen and oxygen atoms in total. The first kappa shape index (κ1) is 14.3. The van der Waals surface area contributed by atoms with Crippen LogP contribution >= 0.6 is 0 Å². The number of nitrogens with one attached hydrogen (secondary N) is 1. The molecule has 0 bridgehead atoms. The van der Waals surface area contributed by atoms with Crippen molar-refractivity contribution in [1.29, 1.82) is 0 Å². The molecule has 0 aliphatic carbocycles. The first-order chi connectivity index (χ1) is 9.70. The molecule has 2 aromatic rings. The fourth-order valence-electron chi connectivity index (χ4n) is 2.02. The molecular weight excluding hydrogens is 252 g/mol. The van der Waals surface area contributed by atoms with E-state index in [0.29, 0.717) is 13.0 Å². The van der Waals surface area contributed by atoms with Gasteiger partial charge < -0.3 is 11.1 Å². The van der Waals surface area contributed by atoms with Crippen molar-refractivity contribution in [3.63, 3.8) is 0 Å². The molecule has 1 aromatic carbocycles. The van der Waals surface area contributed by atoms with E-state index in [-0.39, 0.29) is 5.91 Å². The van der Waals surface area contributed by atoms with Gasteiger partial charge in [-0.1, -0.05) is 31.5 Å². The Balaban J connectivity index is 2.09. The largest absolute Gasteiger partial charge is 0.324 e. The molecule has 1 amide bonds. The quantitative estimate of drug-likeness (QED) is 0.844. The molecule has 1 aromatic heterocycles. The number of para-hydroxylation sites is 1. The molecule has 0 aliphatic heterocycles. The molecule has 0 radical (unpaired) electrons. The van der Waals surface area contributed by atoms with Crippen LogP contribution in [0.4, 0.5) is 5.69 Å². The second-order valence-electron chi connectivity index (χ2n) is 4.75. The Morgan fingerprint density at radius 3 is 2.90 bits per heavy atom. The molecule has 0 saturated heterocycles. The summed E-state index contributed by atoms with van der Waals surface area (Å²) in [5.74, 6) is -0.139. The second kappa shape index (κ2) is 6.86. The lowest BCUT2D eigenvalue weighted by molar-refractivity contribution is -0.117. The van der Waals surface area contributed by atoms with Crippen molar-refractivity contribution in [1.82, 2.24) is 9.78 Å². The monoisotopic (exact) mass is 272 g/mol. The third-order valence-corrected chi connectivity index (χ3v) is 3.10. The maximum Gasteiger partial charge on any atom is 0.241 e. The number of carbonyl (C=O) groups excluding carboxylic acids is 1. The maximum atomic E-state index is 12.0. The number of aromatic nitrogens is 2. The van der Waals surface area contributed by atoms with Gasteiger partial charge in [0.1, 0.15) is 0 Å². The number of carbonyl (C=O) groups is 1. The Morgan fingerprint density at radius 1 is 1.40 bits per heavy atom. The van der Waals surface area contributed by atoms with Gasteiger partial charge in [0.05, 0.1) is 12.6 Å². The van der Waals surface area contributed by atoms with Crippen LogP contribution in [0, 0.1) is 0 Å². The summed E-state index contributed by atoms with van der Waals surface area (Å²) in [4.78, 5) is 12.0. The van der Waals surface area contributed by atoms with E-state index in [1.54, 1.807) is 6.20 Å². The molecule has 0 spiro atoms. The molecule has 106 valence electrons. The number of nitrogens with zero attached hydrogens (tertiary/aromatic N) is 2. The topological polar surface area (TPSA) is 72.9 Å². The number of hydrogen-bond acceptors (Lipinski definition) is 3. The average Bonchev–Trinajstić information content (AvgIpc) is 2.94. The number of rotatable bonds is 6. The van der Waals surface area contributed by atoms with Crippen molar-refractivity contribution in [2.45, 2.75) is 32.4 Å². The van der Waals surface area contributed by atoms with Crippen LogP contribution in [0.2, 0.25) is 0 Å². The highest BCUT2D eigenvalue weighted by atomic mass is 16.2. The van der Waals surface area contributed by atoms with Crippen LogP contribution in [-0.4, -0.2) is 21.7 Å². The Morgan fingerprint density at radius 2 is 2.20 bits per heavy atom. The number of nitrogens with two attached hydrogens (primary N) is 1. The van der Waals surface area contributed by atoms with Gasteiger partial charge in [0.25, 0.3) is 0 Å². The van der Waals surface area contributed by atoms with Crippen molar-refractivity contribution >= 4 is 11.6 Å². The smallest absolute Gasteiger partial charge is 0.241 e. The van der Waals surface area contributed by atoms with Gasteiger partial charge in [0, 0.05) is 18.1 Å². The molecule has 20 heavy (non-hydrogen) atoms. The third-order valence-electron chi connectivity index (χ3n) is 3.10. The summed E-state index contributed by atoms with van der Waals surface area (Å²) in [6.07, 6.45) is 5.20. The van der Waals surface area contributed by atoms with Crippen molar-refractivity contribution in [3.8, 4) is 0 Å². The molecular formula is C15H20N4O. The summed E-state index contributed by atoms with van der Waals surface area (Å²) in [7, 11) is 0. The minimum absolute atomic E-state index is 0.139. The first-order valence-corrected chi connectivity index (χ1v) is 6.82.